The molecule has 0 aliphatic rings. The molecule has 5 nitrogen and oxygen atoms in total. The maximum atomic E-state index is 11.7. The first-order valence-electron chi connectivity index (χ1n) is 6.90. The van der Waals surface area contributed by atoms with Crippen molar-refractivity contribution in [2.75, 3.05) is 6.54 Å². The quantitative estimate of drug-likeness (QED) is 0.755. The van der Waals surface area contributed by atoms with E-state index < -0.39 is 0 Å². The number of aromatic nitrogens is 3. The Balaban J connectivity index is 1.60. The fraction of sp³-hybridized carbons (Fsp3) is 0.400. The summed E-state index contributed by atoms with van der Waals surface area (Å²) in [6, 6.07) is 3.88. The van der Waals surface area contributed by atoms with Gasteiger partial charge in [0.1, 0.15) is 0 Å². The summed E-state index contributed by atoms with van der Waals surface area (Å²) in [7, 11) is 0. The Morgan fingerprint density at radius 2 is 2.10 bits per heavy atom. The first-order chi connectivity index (χ1) is 9.75. The van der Waals surface area contributed by atoms with Gasteiger partial charge in [-0.05, 0) is 49.4 Å². The lowest BCUT2D eigenvalue weighted by Crippen LogP contribution is -2.25. The summed E-state index contributed by atoms with van der Waals surface area (Å²) in [6.45, 7) is 2.72. The fourth-order valence-corrected chi connectivity index (χ4v) is 2.03. The second kappa shape index (κ2) is 7.43. The summed E-state index contributed by atoms with van der Waals surface area (Å²) >= 11 is 0. The molecule has 106 valence electrons. The van der Waals surface area contributed by atoms with E-state index >= 15 is 0 Å². The largest absolute Gasteiger partial charge is 0.356 e. The highest BCUT2D eigenvalue weighted by Crippen LogP contribution is 2.05. The number of H-pyrrole nitrogens is 1. The van der Waals surface area contributed by atoms with Gasteiger partial charge in [-0.3, -0.25) is 14.9 Å². The van der Waals surface area contributed by atoms with Gasteiger partial charge >= 0.3 is 0 Å². The molecule has 0 saturated heterocycles. The van der Waals surface area contributed by atoms with Crippen LogP contribution in [0.5, 0.6) is 0 Å². The number of nitrogens with zero attached hydrogens (tertiary/aromatic N) is 2. The molecule has 0 aromatic carbocycles. The molecule has 2 heterocycles. The van der Waals surface area contributed by atoms with E-state index in [1.165, 1.54) is 5.56 Å². The minimum Gasteiger partial charge on any atom is -0.356 e. The van der Waals surface area contributed by atoms with Gasteiger partial charge in [-0.1, -0.05) is 0 Å². The van der Waals surface area contributed by atoms with Gasteiger partial charge in [0.05, 0.1) is 6.20 Å². The third-order valence-electron chi connectivity index (χ3n) is 3.27. The number of nitrogens with one attached hydrogen (secondary N) is 2. The normalized spacial score (nSPS) is 10.4. The number of hydrogen-bond donors (Lipinski definition) is 2. The summed E-state index contributed by atoms with van der Waals surface area (Å²) in [6.07, 6.45) is 8.50. The highest BCUT2D eigenvalue weighted by Gasteiger charge is 2.03. The lowest BCUT2D eigenvalue weighted by Gasteiger charge is -2.05. The number of pyridine rings is 1. The van der Waals surface area contributed by atoms with Crippen LogP contribution in [0.15, 0.2) is 30.7 Å². The Bertz CT molecular complexity index is 536. The Labute approximate surface area is 118 Å². The molecule has 2 aromatic heterocycles. The number of amides is 1. The van der Waals surface area contributed by atoms with E-state index in [0.29, 0.717) is 13.0 Å². The van der Waals surface area contributed by atoms with Crippen LogP contribution in [-0.4, -0.2) is 27.6 Å². The van der Waals surface area contributed by atoms with Gasteiger partial charge in [0, 0.05) is 31.1 Å². The predicted molar refractivity (Wildman–Crippen MR) is 77.2 cm³/mol. The lowest BCUT2D eigenvalue weighted by molar-refractivity contribution is -0.121. The summed E-state index contributed by atoms with van der Waals surface area (Å²) in [5.41, 5.74) is 3.47. The van der Waals surface area contributed by atoms with Crippen molar-refractivity contribution in [2.45, 2.75) is 32.6 Å². The maximum absolute atomic E-state index is 11.7. The van der Waals surface area contributed by atoms with Crippen LogP contribution < -0.4 is 5.32 Å². The number of rotatable bonds is 7. The van der Waals surface area contributed by atoms with Crippen molar-refractivity contribution < 1.29 is 4.79 Å². The van der Waals surface area contributed by atoms with Gasteiger partial charge in [-0.25, -0.2) is 0 Å². The van der Waals surface area contributed by atoms with Crippen molar-refractivity contribution in [3.8, 4) is 0 Å². The number of carbonyl (C=O) groups excluding carboxylic acids is 1. The first kappa shape index (κ1) is 14.2. The highest BCUT2D eigenvalue weighted by atomic mass is 16.1. The topological polar surface area (TPSA) is 70.7 Å². The number of hydrogen-bond acceptors (Lipinski definition) is 3. The van der Waals surface area contributed by atoms with Crippen molar-refractivity contribution in [1.29, 1.82) is 0 Å². The van der Waals surface area contributed by atoms with Crippen molar-refractivity contribution in [2.24, 2.45) is 0 Å². The van der Waals surface area contributed by atoms with Gasteiger partial charge in [-0.2, -0.15) is 5.10 Å². The average Bonchev–Trinajstić information content (AvgIpc) is 2.88. The van der Waals surface area contributed by atoms with Crippen LogP contribution >= 0.6 is 0 Å². The second-order valence-corrected chi connectivity index (χ2v) is 4.83. The van der Waals surface area contributed by atoms with Crippen LogP contribution in [0.25, 0.3) is 0 Å². The maximum Gasteiger partial charge on any atom is 0.220 e. The molecular formula is C15H20N4O. The van der Waals surface area contributed by atoms with Gasteiger partial charge < -0.3 is 5.32 Å². The minimum absolute atomic E-state index is 0.103. The molecule has 0 unspecified atom stereocenters. The Kier molecular flexibility index (Phi) is 5.29. The molecule has 0 aliphatic carbocycles. The third-order valence-corrected chi connectivity index (χ3v) is 3.27. The predicted octanol–water partition coefficient (Wildman–Crippen LogP) is 1.79. The standard InChI is InChI=1S/C15H20N4O/c1-12-14(11-18-19-12)3-2-8-17-15(20)5-4-13-6-9-16-10-7-13/h6-7,9-11H,2-5,8H2,1H3,(H,17,20)(H,18,19). The molecule has 2 aromatic rings. The zero-order valence-corrected chi connectivity index (χ0v) is 11.7. The Morgan fingerprint density at radius 3 is 2.80 bits per heavy atom. The molecule has 1 amide bonds. The summed E-state index contributed by atoms with van der Waals surface area (Å²) in [5, 5.41) is 9.85. The van der Waals surface area contributed by atoms with Crippen molar-refractivity contribution in [1.82, 2.24) is 20.5 Å². The monoisotopic (exact) mass is 272 g/mol. The van der Waals surface area contributed by atoms with Crippen LogP contribution in [0.2, 0.25) is 0 Å². The Hall–Kier alpha value is -2.17. The molecule has 0 saturated carbocycles. The van der Waals surface area contributed by atoms with Crippen LogP contribution in [0.3, 0.4) is 0 Å². The minimum atomic E-state index is 0.103. The molecule has 2 N–H and O–H groups in total. The zero-order chi connectivity index (χ0) is 14.2. The molecule has 5 heteroatoms. The SMILES string of the molecule is Cc1[nH]ncc1CCCNC(=O)CCc1ccncc1. The van der Waals surface area contributed by atoms with Crippen LogP contribution in [0, 0.1) is 6.92 Å². The smallest absolute Gasteiger partial charge is 0.220 e. The zero-order valence-electron chi connectivity index (χ0n) is 11.7. The third kappa shape index (κ3) is 4.50. The van der Waals surface area contributed by atoms with Crippen molar-refractivity contribution in [3.63, 3.8) is 0 Å². The number of carbonyl (C=O) groups is 1. The average molecular weight is 272 g/mol. The highest BCUT2D eigenvalue weighted by molar-refractivity contribution is 5.76. The number of aromatic amines is 1. The van der Waals surface area contributed by atoms with E-state index in [4.69, 9.17) is 0 Å². The van der Waals surface area contributed by atoms with Crippen molar-refractivity contribution >= 4 is 5.91 Å². The van der Waals surface area contributed by atoms with Gasteiger partial charge in [0.15, 0.2) is 0 Å². The fourth-order valence-electron chi connectivity index (χ4n) is 2.03. The number of aryl methyl sites for hydroxylation is 3. The summed E-state index contributed by atoms with van der Waals surface area (Å²) < 4.78 is 0. The van der Waals surface area contributed by atoms with E-state index in [1.54, 1.807) is 12.4 Å². The van der Waals surface area contributed by atoms with Gasteiger partial charge in [-0.15, -0.1) is 0 Å². The van der Waals surface area contributed by atoms with E-state index in [0.717, 1.165) is 30.5 Å². The Morgan fingerprint density at radius 1 is 1.30 bits per heavy atom. The summed E-state index contributed by atoms with van der Waals surface area (Å²) in [4.78, 5) is 15.7. The van der Waals surface area contributed by atoms with E-state index in [9.17, 15) is 4.79 Å². The lowest BCUT2D eigenvalue weighted by atomic mass is 10.1. The van der Waals surface area contributed by atoms with E-state index in [1.807, 2.05) is 25.3 Å². The molecule has 0 spiro atoms. The molecular weight excluding hydrogens is 252 g/mol. The van der Waals surface area contributed by atoms with E-state index in [-0.39, 0.29) is 5.91 Å². The van der Waals surface area contributed by atoms with E-state index in [2.05, 4.69) is 20.5 Å². The molecule has 20 heavy (non-hydrogen) atoms. The van der Waals surface area contributed by atoms with Crippen LogP contribution in [0.4, 0.5) is 0 Å². The molecule has 0 aliphatic heterocycles. The second-order valence-electron chi connectivity index (χ2n) is 4.83. The van der Waals surface area contributed by atoms with Crippen LogP contribution in [0.1, 0.15) is 29.7 Å². The molecule has 0 bridgehead atoms. The van der Waals surface area contributed by atoms with Crippen LogP contribution in [-0.2, 0) is 17.6 Å². The molecule has 0 radical (unpaired) electrons. The van der Waals surface area contributed by atoms with Gasteiger partial charge in [0.2, 0.25) is 5.91 Å². The summed E-state index contributed by atoms with van der Waals surface area (Å²) in [5.74, 6) is 0.103. The molecule has 0 atom stereocenters. The molecule has 2 rings (SSSR count). The molecule has 0 fully saturated rings. The van der Waals surface area contributed by atoms with Gasteiger partial charge in [0.25, 0.3) is 0 Å². The van der Waals surface area contributed by atoms with Crippen molar-refractivity contribution in [3.05, 3.63) is 47.5 Å². The first-order valence-corrected chi connectivity index (χ1v) is 6.90.